The molecule has 5 heteroatoms. The molecule has 0 radical (unpaired) electrons. The van der Waals surface area contributed by atoms with Crippen molar-refractivity contribution in [2.45, 2.75) is 44.8 Å². The quantitative estimate of drug-likeness (QED) is 0.615. The van der Waals surface area contributed by atoms with Gasteiger partial charge < -0.3 is 19.9 Å². The summed E-state index contributed by atoms with van der Waals surface area (Å²) in [5.41, 5.74) is 4.04. The zero-order valence-corrected chi connectivity index (χ0v) is 18.4. The molecular formula is C24H32ClNO3. The van der Waals surface area contributed by atoms with E-state index in [4.69, 9.17) is 21.1 Å². The smallest absolute Gasteiger partial charge is 0.118 e. The highest BCUT2D eigenvalue weighted by Crippen LogP contribution is 2.42. The van der Waals surface area contributed by atoms with Crippen LogP contribution in [0.2, 0.25) is 5.02 Å². The van der Waals surface area contributed by atoms with Crippen LogP contribution in [0.15, 0.2) is 36.4 Å². The third-order valence-corrected chi connectivity index (χ3v) is 6.21. The second-order valence-corrected chi connectivity index (χ2v) is 8.31. The molecule has 0 bridgehead atoms. The molecule has 1 aliphatic rings. The van der Waals surface area contributed by atoms with E-state index in [-0.39, 0.29) is 6.10 Å². The average Bonchev–Trinajstić information content (AvgIpc) is 2.73. The summed E-state index contributed by atoms with van der Waals surface area (Å²) in [5, 5.41) is 16.0. The Kier molecular flexibility index (Phi) is 7.72. The molecule has 2 atom stereocenters. The van der Waals surface area contributed by atoms with Crippen molar-refractivity contribution in [1.29, 1.82) is 0 Å². The average molecular weight is 418 g/mol. The number of aliphatic hydroxyl groups is 1. The molecule has 1 heterocycles. The summed E-state index contributed by atoms with van der Waals surface area (Å²) < 4.78 is 11.2. The van der Waals surface area contributed by atoms with E-state index in [0.29, 0.717) is 31.2 Å². The van der Waals surface area contributed by atoms with Gasteiger partial charge in [0.15, 0.2) is 0 Å². The number of hydrogen-bond donors (Lipinski definition) is 2. The van der Waals surface area contributed by atoms with Crippen LogP contribution in [0.3, 0.4) is 0 Å². The van der Waals surface area contributed by atoms with E-state index < -0.39 is 5.60 Å². The highest BCUT2D eigenvalue weighted by atomic mass is 35.5. The van der Waals surface area contributed by atoms with Crippen molar-refractivity contribution in [1.82, 2.24) is 5.32 Å². The van der Waals surface area contributed by atoms with E-state index in [1.165, 1.54) is 11.1 Å². The number of ether oxygens (including phenoxy) is 2. The molecule has 0 saturated carbocycles. The molecule has 2 aromatic carbocycles. The van der Waals surface area contributed by atoms with Crippen LogP contribution in [0.5, 0.6) is 0 Å². The van der Waals surface area contributed by atoms with Gasteiger partial charge in [0.25, 0.3) is 0 Å². The van der Waals surface area contributed by atoms with Gasteiger partial charge in [0.1, 0.15) is 11.7 Å². The summed E-state index contributed by atoms with van der Waals surface area (Å²) in [5.74, 6) is 0. The van der Waals surface area contributed by atoms with Crippen molar-refractivity contribution < 1.29 is 14.6 Å². The SMILES string of the molecule is COCCCC[C@@](O)(c1cccc(Cl)c1-c1ccc(C)c(C)c1)[C@H]1CNCCO1. The summed E-state index contributed by atoms with van der Waals surface area (Å²) in [6.07, 6.45) is 1.98. The van der Waals surface area contributed by atoms with Gasteiger partial charge in [-0.2, -0.15) is 0 Å². The van der Waals surface area contributed by atoms with Gasteiger partial charge in [-0.1, -0.05) is 41.9 Å². The number of nitrogens with one attached hydrogen (secondary N) is 1. The number of halogens is 1. The van der Waals surface area contributed by atoms with Crippen LogP contribution in [0.25, 0.3) is 11.1 Å². The summed E-state index contributed by atoms with van der Waals surface area (Å²) in [4.78, 5) is 0. The van der Waals surface area contributed by atoms with E-state index >= 15 is 0 Å². The molecule has 158 valence electrons. The molecule has 0 aromatic heterocycles. The lowest BCUT2D eigenvalue weighted by atomic mass is 9.79. The predicted octanol–water partition coefficient (Wildman–Crippen LogP) is 4.62. The topological polar surface area (TPSA) is 50.7 Å². The molecule has 2 N–H and O–H groups in total. The van der Waals surface area contributed by atoms with Gasteiger partial charge in [-0.15, -0.1) is 0 Å². The molecule has 29 heavy (non-hydrogen) atoms. The highest BCUT2D eigenvalue weighted by molar-refractivity contribution is 6.33. The Morgan fingerprint density at radius 3 is 2.72 bits per heavy atom. The van der Waals surface area contributed by atoms with Crippen LogP contribution in [0, 0.1) is 13.8 Å². The Morgan fingerprint density at radius 2 is 2.03 bits per heavy atom. The minimum absolute atomic E-state index is 0.331. The largest absolute Gasteiger partial charge is 0.385 e. The first-order valence-electron chi connectivity index (χ1n) is 10.4. The van der Waals surface area contributed by atoms with E-state index in [0.717, 1.165) is 36.1 Å². The van der Waals surface area contributed by atoms with Crippen molar-refractivity contribution in [3.8, 4) is 11.1 Å². The second-order valence-electron chi connectivity index (χ2n) is 7.90. The minimum atomic E-state index is -1.14. The summed E-state index contributed by atoms with van der Waals surface area (Å²) >= 11 is 6.70. The Morgan fingerprint density at radius 1 is 1.21 bits per heavy atom. The fourth-order valence-corrected chi connectivity index (χ4v) is 4.34. The van der Waals surface area contributed by atoms with Crippen LogP contribution in [-0.4, -0.2) is 44.6 Å². The van der Waals surface area contributed by atoms with Crippen LogP contribution >= 0.6 is 11.6 Å². The fraction of sp³-hybridized carbons (Fsp3) is 0.500. The van der Waals surface area contributed by atoms with Crippen LogP contribution in [-0.2, 0) is 15.1 Å². The lowest BCUT2D eigenvalue weighted by Crippen LogP contribution is -2.51. The maximum absolute atomic E-state index is 12.0. The van der Waals surface area contributed by atoms with Gasteiger partial charge >= 0.3 is 0 Å². The van der Waals surface area contributed by atoms with Gasteiger partial charge in [0, 0.05) is 37.4 Å². The maximum atomic E-state index is 12.0. The van der Waals surface area contributed by atoms with Gasteiger partial charge in [0.05, 0.1) is 6.61 Å². The monoisotopic (exact) mass is 417 g/mol. The second kappa shape index (κ2) is 10.1. The van der Waals surface area contributed by atoms with Crippen LogP contribution < -0.4 is 5.32 Å². The van der Waals surface area contributed by atoms with E-state index in [1.807, 2.05) is 18.2 Å². The molecule has 1 aliphatic heterocycles. The minimum Gasteiger partial charge on any atom is -0.385 e. The van der Waals surface area contributed by atoms with Crippen molar-refractivity contribution in [2.75, 3.05) is 33.4 Å². The van der Waals surface area contributed by atoms with Gasteiger partial charge in [-0.3, -0.25) is 0 Å². The van der Waals surface area contributed by atoms with Gasteiger partial charge in [0.2, 0.25) is 0 Å². The van der Waals surface area contributed by atoms with Crippen molar-refractivity contribution >= 4 is 11.6 Å². The van der Waals surface area contributed by atoms with Crippen molar-refractivity contribution in [3.05, 3.63) is 58.1 Å². The zero-order valence-electron chi connectivity index (χ0n) is 17.6. The first kappa shape index (κ1) is 22.3. The molecule has 0 unspecified atom stereocenters. The number of unbranched alkanes of at least 4 members (excludes halogenated alkanes) is 1. The maximum Gasteiger partial charge on any atom is 0.118 e. The number of hydrogen-bond acceptors (Lipinski definition) is 4. The Hall–Kier alpha value is -1.43. The fourth-order valence-electron chi connectivity index (χ4n) is 4.06. The summed E-state index contributed by atoms with van der Waals surface area (Å²) in [7, 11) is 1.70. The number of morpholine rings is 1. The summed E-state index contributed by atoms with van der Waals surface area (Å²) in [6.45, 7) is 6.88. The first-order chi connectivity index (χ1) is 14.0. The molecule has 1 saturated heterocycles. The molecule has 0 aliphatic carbocycles. The number of methoxy groups -OCH3 is 1. The van der Waals surface area contributed by atoms with E-state index in [9.17, 15) is 5.11 Å². The standard InChI is InChI=1S/C24H32ClNO3/c1-17-9-10-19(15-18(17)2)23-20(7-6-8-21(23)25)24(27,11-4-5-13-28-3)22-16-26-12-14-29-22/h6-10,15,22,26-27H,4-5,11-14,16H2,1-3H3/t22-,24-/m1/s1. The highest BCUT2D eigenvalue weighted by Gasteiger charge is 2.41. The van der Waals surface area contributed by atoms with Gasteiger partial charge in [-0.25, -0.2) is 0 Å². The molecule has 2 aromatic rings. The van der Waals surface area contributed by atoms with E-state index in [2.05, 4.69) is 37.4 Å². The number of aryl methyl sites for hydroxylation is 2. The Balaban J connectivity index is 2.07. The van der Waals surface area contributed by atoms with E-state index in [1.54, 1.807) is 7.11 Å². The van der Waals surface area contributed by atoms with Gasteiger partial charge in [-0.05, 0) is 61.4 Å². The predicted molar refractivity (Wildman–Crippen MR) is 119 cm³/mol. The molecule has 0 amide bonds. The molecule has 0 spiro atoms. The van der Waals surface area contributed by atoms with Crippen LogP contribution in [0.1, 0.15) is 36.0 Å². The molecule has 4 nitrogen and oxygen atoms in total. The Bertz CT molecular complexity index is 820. The molecular weight excluding hydrogens is 386 g/mol. The van der Waals surface area contributed by atoms with Crippen molar-refractivity contribution in [3.63, 3.8) is 0 Å². The van der Waals surface area contributed by atoms with Crippen LogP contribution in [0.4, 0.5) is 0 Å². The number of benzene rings is 2. The molecule has 1 fully saturated rings. The molecule has 3 rings (SSSR count). The summed E-state index contributed by atoms with van der Waals surface area (Å²) in [6, 6.07) is 12.1. The third kappa shape index (κ3) is 5.01. The van der Waals surface area contributed by atoms with Crippen molar-refractivity contribution in [2.24, 2.45) is 0 Å². The third-order valence-electron chi connectivity index (χ3n) is 5.89. The lowest BCUT2D eigenvalue weighted by Gasteiger charge is -2.40. The first-order valence-corrected chi connectivity index (χ1v) is 10.8. The lowest BCUT2D eigenvalue weighted by molar-refractivity contribution is -0.129. The zero-order chi connectivity index (χ0) is 20.9. The number of rotatable bonds is 8. The normalized spacial score (nSPS) is 19.1. The Labute approximate surface area is 179 Å².